The molecule has 0 bridgehead atoms. The highest BCUT2D eigenvalue weighted by Gasteiger charge is 2.19. The summed E-state index contributed by atoms with van der Waals surface area (Å²) in [5.74, 6) is 2.20. The number of hydrogen-bond acceptors (Lipinski definition) is 6. The van der Waals surface area contributed by atoms with Crippen molar-refractivity contribution in [2.45, 2.75) is 52.6 Å². The molecule has 3 N–H and O–H groups in total. The summed E-state index contributed by atoms with van der Waals surface area (Å²) >= 11 is 0. The average molecular weight is 279 g/mol. The van der Waals surface area contributed by atoms with Crippen LogP contribution in [-0.2, 0) is 0 Å². The summed E-state index contributed by atoms with van der Waals surface area (Å²) < 4.78 is 5.46. The normalized spacial score (nSPS) is 22.8. The lowest BCUT2D eigenvalue weighted by atomic mass is 9.82. The maximum absolute atomic E-state index is 5.68. The van der Waals surface area contributed by atoms with Gasteiger partial charge in [0, 0.05) is 6.54 Å². The summed E-state index contributed by atoms with van der Waals surface area (Å²) in [5, 5.41) is 3.27. The molecule has 1 aromatic rings. The minimum absolute atomic E-state index is 0.0174. The van der Waals surface area contributed by atoms with Gasteiger partial charge in [0.1, 0.15) is 0 Å². The van der Waals surface area contributed by atoms with E-state index in [-0.39, 0.29) is 18.1 Å². The molecule has 6 heteroatoms. The van der Waals surface area contributed by atoms with Crippen molar-refractivity contribution < 1.29 is 4.74 Å². The molecule has 20 heavy (non-hydrogen) atoms. The number of nitrogen functional groups attached to an aromatic ring is 1. The number of ether oxygens (including phenoxy) is 1. The molecule has 0 aliphatic heterocycles. The predicted octanol–water partition coefficient (Wildman–Crippen LogP) is 2.48. The summed E-state index contributed by atoms with van der Waals surface area (Å²) in [4.78, 5) is 12.3. The Morgan fingerprint density at radius 1 is 1.30 bits per heavy atom. The standard InChI is InChI=1S/C14H25N5O/c1-9(2)20-14-18-12(15)17-13(19-14)16-8-11-6-4-5-10(3)7-11/h9-11H,4-8H2,1-3H3,(H3,15,16,17,18,19). The molecule has 1 aliphatic carbocycles. The molecule has 0 spiro atoms. The van der Waals surface area contributed by atoms with Crippen molar-refractivity contribution >= 4 is 11.9 Å². The molecule has 1 fully saturated rings. The zero-order chi connectivity index (χ0) is 14.5. The monoisotopic (exact) mass is 279 g/mol. The molecule has 6 nitrogen and oxygen atoms in total. The largest absolute Gasteiger partial charge is 0.461 e. The van der Waals surface area contributed by atoms with E-state index in [0.29, 0.717) is 11.9 Å². The van der Waals surface area contributed by atoms with Gasteiger partial charge in [-0.15, -0.1) is 0 Å². The number of hydrogen-bond donors (Lipinski definition) is 2. The average Bonchev–Trinajstić information content (AvgIpc) is 2.35. The van der Waals surface area contributed by atoms with Crippen molar-refractivity contribution in [3.63, 3.8) is 0 Å². The van der Waals surface area contributed by atoms with E-state index in [4.69, 9.17) is 10.5 Å². The molecule has 1 aromatic heterocycles. The molecular weight excluding hydrogens is 254 g/mol. The second kappa shape index (κ2) is 6.72. The van der Waals surface area contributed by atoms with E-state index < -0.39 is 0 Å². The summed E-state index contributed by atoms with van der Waals surface area (Å²) in [5.41, 5.74) is 5.68. The number of nitrogens with one attached hydrogen (secondary N) is 1. The summed E-state index contributed by atoms with van der Waals surface area (Å²) in [6, 6.07) is 0.284. The van der Waals surface area contributed by atoms with Crippen LogP contribution in [0.25, 0.3) is 0 Å². The third-order valence-electron chi connectivity index (χ3n) is 3.57. The first kappa shape index (κ1) is 14.8. The smallest absolute Gasteiger partial charge is 0.323 e. The lowest BCUT2D eigenvalue weighted by molar-refractivity contribution is 0.222. The van der Waals surface area contributed by atoms with Crippen LogP contribution in [0.2, 0.25) is 0 Å². The first-order valence-corrected chi connectivity index (χ1v) is 7.45. The van der Waals surface area contributed by atoms with Crippen LogP contribution in [0.15, 0.2) is 0 Å². The van der Waals surface area contributed by atoms with E-state index in [1.165, 1.54) is 25.7 Å². The quantitative estimate of drug-likeness (QED) is 0.861. The van der Waals surface area contributed by atoms with Gasteiger partial charge >= 0.3 is 6.01 Å². The highest BCUT2D eigenvalue weighted by atomic mass is 16.5. The number of aromatic nitrogens is 3. The van der Waals surface area contributed by atoms with E-state index in [2.05, 4.69) is 27.2 Å². The first-order valence-electron chi connectivity index (χ1n) is 7.45. The van der Waals surface area contributed by atoms with Gasteiger partial charge in [-0.3, -0.25) is 0 Å². The first-order chi connectivity index (χ1) is 9.52. The SMILES string of the molecule is CC1CCCC(CNc2nc(N)nc(OC(C)C)n2)C1. The Morgan fingerprint density at radius 3 is 2.80 bits per heavy atom. The molecule has 112 valence electrons. The van der Waals surface area contributed by atoms with Crippen LogP contribution in [0.4, 0.5) is 11.9 Å². The van der Waals surface area contributed by atoms with E-state index in [0.717, 1.165) is 12.5 Å². The van der Waals surface area contributed by atoms with Gasteiger partial charge < -0.3 is 15.8 Å². The molecule has 0 amide bonds. The molecule has 2 unspecified atom stereocenters. The van der Waals surface area contributed by atoms with Crippen molar-refractivity contribution in [2.75, 3.05) is 17.6 Å². The van der Waals surface area contributed by atoms with Crippen molar-refractivity contribution in [1.82, 2.24) is 15.0 Å². The second-order valence-corrected chi connectivity index (χ2v) is 5.99. The van der Waals surface area contributed by atoms with E-state index in [1.807, 2.05) is 13.8 Å². The Labute approximate surface area is 120 Å². The second-order valence-electron chi connectivity index (χ2n) is 5.99. The van der Waals surface area contributed by atoms with Gasteiger partial charge in [-0.1, -0.05) is 19.8 Å². The zero-order valence-corrected chi connectivity index (χ0v) is 12.6. The Kier molecular flexibility index (Phi) is 4.98. The van der Waals surface area contributed by atoms with Crippen LogP contribution in [0.1, 0.15) is 46.5 Å². The van der Waals surface area contributed by atoms with Crippen molar-refractivity contribution in [1.29, 1.82) is 0 Å². The number of nitrogens with zero attached hydrogens (tertiary/aromatic N) is 3. The number of anilines is 2. The molecule has 2 atom stereocenters. The van der Waals surface area contributed by atoms with Gasteiger partial charge in [0.25, 0.3) is 0 Å². The van der Waals surface area contributed by atoms with Crippen molar-refractivity contribution in [3.05, 3.63) is 0 Å². The topological polar surface area (TPSA) is 86.0 Å². The molecule has 1 saturated carbocycles. The van der Waals surface area contributed by atoms with E-state index in [1.54, 1.807) is 0 Å². The molecule has 0 radical (unpaired) electrons. The predicted molar refractivity (Wildman–Crippen MR) is 79.6 cm³/mol. The fourth-order valence-corrected chi connectivity index (χ4v) is 2.70. The number of rotatable bonds is 5. The maximum atomic E-state index is 5.68. The Morgan fingerprint density at radius 2 is 2.10 bits per heavy atom. The third-order valence-corrected chi connectivity index (χ3v) is 3.57. The van der Waals surface area contributed by atoms with Crippen LogP contribution < -0.4 is 15.8 Å². The lowest BCUT2D eigenvalue weighted by Crippen LogP contribution is -2.22. The summed E-state index contributed by atoms with van der Waals surface area (Å²) in [6.07, 6.45) is 5.22. The molecule has 1 heterocycles. The summed E-state index contributed by atoms with van der Waals surface area (Å²) in [6.45, 7) is 7.06. The van der Waals surface area contributed by atoms with Crippen LogP contribution in [0.5, 0.6) is 6.01 Å². The Bertz CT molecular complexity index is 438. The zero-order valence-electron chi connectivity index (χ0n) is 12.6. The lowest BCUT2D eigenvalue weighted by Gasteiger charge is -2.26. The van der Waals surface area contributed by atoms with Gasteiger partial charge in [-0.25, -0.2) is 0 Å². The fraction of sp³-hybridized carbons (Fsp3) is 0.786. The van der Waals surface area contributed by atoms with Crippen molar-refractivity contribution in [3.8, 4) is 6.01 Å². The molecule has 2 rings (SSSR count). The molecule has 0 aromatic carbocycles. The Hall–Kier alpha value is -1.59. The fourth-order valence-electron chi connectivity index (χ4n) is 2.70. The molecule has 1 aliphatic rings. The van der Waals surface area contributed by atoms with Gasteiger partial charge in [-0.2, -0.15) is 15.0 Å². The number of nitrogens with two attached hydrogens (primary N) is 1. The maximum Gasteiger partial charge on any atom is 0.323 e. The Balaban J connectivity index is 1.93. The molecular formula is C14H25N5O. The van der Waals surface area contributed by atoms with Gasteiger partial charge in [-0.05, 0) is 38.5 Å². The van der Waals surface area contributed by atoms with Crippen molar-refractivity contribution in [2.24, 2.45) is 11.8 Å². The van der Waals surface area contributed by atoms with E-state index >= 15 is 0 Å². The highest BCUT2D eigenvalue weighted by molar-refractivity contribution is 5.32. The molecule has 0 saturated heterocycles. The minimum Gasteiger partial charge on any atom is -0.461 e. The van der Waals surface area contributed by atoms with Crippen LogP contribution in [0.3, 0.4) is 0 Å². The van der Waals surface area contributed by atoms with Gasteiger partial charge in [0.05, 0.1) is 6.10 Å². The van der Waals surface area contributed by atoms with Gasteiger partial charge in [0.2, 0.25) is 11.9 Å². The summed E-state index contributed by atoms with van der Waals surface area (Å²) in [7, 11) is 0. The van der Waals surface area contributed by atoms with Crippen LogP contribution in [0, 0.1) is 11.8 Å². The van der Waals surface area contributed by atoms with Gasteiger partial charge in [0.15, 0.2) is 0 Å². The van der Waals surface area contributed by atoms with Crippen LogP contribution >= 0.6 is 0 Å². The van der Waals surface area contributed by atoms with Crippen LogP contribution in [-0.4, -0.2) is 27.6 Å². The third kappa shape index (κ3) is 4.51. The minimum atomic E-state index is 0.0174. The van der Waals surface area contributed by atoms with E-state index in [9.17, 15) is 0 Å². The highest BCUT2D eigenvalue weighted by Crippen LogP contribution is 2.28.